The Morgan fingerprint density at radius 1 is 1.03 bits per heavy atom. The summed E-state index contributed by atoms with van der Waals surface area (Å²) < 4.78 is 7.17. The second-order valence-corrected chi connectivity index (χ2v) is 9.67. The van der Waals surface area contributed by atoms with Gasteiger partial charge < -0.3 is 14.5 Å². The van der Waals surface area contributed by atoms with E-state index >= 15 is 0 Å². The van der Waals surface area contributed by atoms with Gasteiger partial charge >= 0.3 is 6.09 Å². The highest BCUT2D eigenvalue weighted by atomic mass is 35.5. The van der Waals surface area contributed by atoms with Crippen LogP contribution in [0.15, 0.2) is 55.0 Å². The lowest BCUT2D eigenvalue weighted by molar-refractivity contribution is 0.102. The minimum absolute atomic E-state index is 0.138. The van der Waals surface area contributed by atoms with E-state index in [4.69, 9.17) is 27.9 Å². The van der Waals surface area contributed by atoms with Crippen molar-refractivity contribution in [1.29, 1.82) is 0 Å². The minimum atomic E-state index is -0.618. The van der Waals surface area contributed by atoms with Crippen LogP contribution in [0, 0.1) is 6.92 Å². The number of benzene rings is 1. The van der Waals surface area contributed by atoms with E-state index in [1.54, 1.807) is 43.6 Å². The fourth-order valence-corrected chi connectivity index (χ4v) is 4.67. The molecule has 8 nitrogen and oxygen atoms in total. The number of halogens is 2. The van der Waals surface area contributed by atoms with Crippen molar-refractivity contribution >= 4 is 52.1 Å². The van der Waals surface area contributed by atoms with Crippen LogP contribution < -0.4 is 10.6 Å². The van der Waals surface area contributed by atoms with E-state index in [2.05, 4.69) is 27.5 Å². The number of hydrogen-bond acceptors (Lipinski definition) is 5. The first-order valence-corrected chi connectivity index (χ1v) is 13.3. The average molecular weight is 554 g/mol. The summed E-state index contributed by atoms with van der Waals surface area (Å²) in [5.41, 5.74) is 3.34. The van der Waals surface area contributed by atoms with Crippen molar-refractivity contribution in [2.45, 2.75) is 46.0 Å². The Balaban J connectivity index is 1.59. The van der Waals surface area contributed by atoms with E-state index in [1.165, 1.54) is 0 Å². The van der Waals surface area contributed by atoms with Gasteiger partial charge in [-0.25, -0.2) is 14.8 Å². The molecule has 0 radical (unpaired) electrons. The van der Waals surface area contributed by atoms with Gasteiger partial charge in [0.1, 0.15) is 5.15 Å². The van der Waals surface area contributed by atoms with E-state index in [0.717, 1.165) is 37.6 Å². The highest BCUT2D eigenvalue weighted by Gasteiger charge is 2.22. The number of carbonyl (C=O) groups excluding carboxylic acids is 2. The number of hydrogen-bond donors (Lipinski definition) is 2. The zero-order valence-electron chi connectivity index (χ0n) is 21.3. The molecule has 0 aliphatic carbocycles. The predicted octanol–water partition coefficient (Wildman–Crippen LogP) is 7.78. The van der Waals surface area contributed by atoms with Gasteiger partial charge in [0.05, 0.1) is 35.4 Å². The Bertz CT molecular complexity index is 1450. The Morgan fingerprint density at radius 3 is 2.63 bits per heavy atom. The van der Waals surface area contributed by atoms with Crippen molar-refractivity contribution in [3.8, 4) is 11.3 Å². The zero-order chi connectivity index (χ0) is 27.1. The highest BCUT2D eigenvalue weighted by molar-refractivity contribution is 6.32. The number of aromatic nitrogens is 3. The molecule has 198 valence electrons. The molecule has 0 atom stereocenters. The molecule has 0 spiro atoms. The van der Waals surface area contributed by atoms with Gasteiger partial charge in [-0.2, -0.15) is 0 Å². The van der Waals surface area contributed by atoms with Crippen LogP contribution in [0.5, 0.6) is 0 Å². The number of rotatable bonds is 10. The van der Waals surface area contributed by atoms with Gasteiger partial charge in [0, 0.05) is 23.0 Å². The normalized spacial score (nSPS) is 10.9. The molecule has 1 aromatic carbocycles. The summed E-state index contributed by atoms with van der Waals surface area (Å²) in [5, 5.41) is 6.26. The highest BCUT2D eigenvalue weighted by Crippen LogP contribution is 2.33. The summed E-state index contributed by atoms with van der Waals surface area (Å²) >= 11 is 12.7. The summed E-state index contributed by atoms with van der Waals surface area (Å²) in [6.07, 6.45) is 9.61. The number of carbonyl (C=O) groups is 2. The monoisotopic (exact) mass is 553 g/mol. The van der Waals surface area contributed by atoms with Gasteiger partial charge in [0.2, 0.25) is 0 Å². The molecule has 0 fully saturated rings. The van der Waals surface area contributed by atoms with Crippen LogP contribution in [-0.4, -0.2) is 33.0 Å². The number of unbranched alkanes of at least 4 members (excludes halogenated alkanes) is 4. The third-order valence-electron chi connectivity index (χ3n) is 6.06. The SMILES string of the molecule is CCCCCCCOC(=O)Nc1cc(Cl)cc(C)c1NC(=O)c1ncc2cccn2c1-c1cccnc1Cl. The second kappa shape index (κ2) is 12.8. The molecular weight excluding hydrogens is 525 g/mol. The van der Waals surface area contributed by atoms with E-state index in [0.29, 0.717) is 39.8 Å². The molecule has 10 heteroatoms. The average Bonchev–Trinajstić information content (AvgIpc) is 3.37. The molecular formula is C28H29Cl2N5O3. The molecule has 4 aromatic rings. The second-order valence-electron chi connectivity index (χ2n) is 8.87. The first kappa shape index (κ1) is 27.4. The minimum Gasteiger partial charge on any atom is -0.449 e. The molecule has 38 heavy (non-hydrogen) atoms. The van der Waals surface area contributed by atoms with E-state index < -0.39 is 12.0 Å². The Morgan fingerprint density at radius 2 is 1.84 bits per heavy atom. The Hall–Kier alpha value is -3.62. The lowest BCUT2D eigenvalue weighted by atomic mass is 10.1. The molecule has 0 unspecified atom stereocenters. The van der Waals surface area contributed by atoms with Crippen LogP contribution in [0.4, 0.5) is 16.2 Å². The maximum Gasteiger partial charge on any atom is 0.411 e. The van der Waals surface area contributed by atoms with Crippen LogP contribution in [0.2, 0.25) is 10.2 Å². The fraction of sp³-hybridized carbons (Fsp3) is 0.286. The van der Waals surface area contributed by atoms with Crippen molar-refractivity contribution in [1.82, 2.24) is 14.4 Å². The van der Waals surface area contributed by atoms with Crippen LogP contribution >= 0.6 is 23.2 Å². The molecule has 0 saturated heterocycles. The van der Waals surface area contributed by atoms with Crippen molar-refractivity contribution in [2.75, 3.05) is 17.2 Å². The predicted molar refractivity (Wildman–Crippen MR) is 151 cm³/mol. The van der Waals surface area contributed by atoms with Crippen LogP contribution in [0.3, 0.4) is 0 Å². The molecule has 0 saturated carbocycles. The number of amides is 2. The summed E-state index contributed by atoms with van der Waals surface area (Å²) in [7, 11) is 0. The van der Waals surface area contributed by atoms with Gasteiger partial charge in [0.15, 0.2) is 5.69 Å². The summed E-state index contributed by atoms with van der Waals surface area (Å²) in [4.78, 5) is 34.7. The third-order valence-corrected chi connectivity index (χ3v) is 6.58. The van der Waals surface area contributed by atoms with Gasteiger partial charge in [-0.3, -0.25) is 10.1 Å². The van der Waals surface area contributed by atoms with E-state index in [-0.39, 0.29) is 10.8 Å². The largest absolute Gasteiger partial charge is 0.449 e. The molecule has 2 N–H and O–H groups in total. The standard InChI is InChI=1S/C28H29Cl2N5O3/c1-3-4-5-6-7-14-38-28(37)33-22-16-19(29)15-18(2)23(22)34-27(36)24-25(21-11-8-12-31-26(21)30)35-13-9-10-20(35)17-32-24/h8-13,15-17H,3-7,14H2,1-2H3,(H,33,37)(H,34,36). The zero-order valence-corrected chi connectivity index (χ0v) is 22.8. The lowest BCUT2D eigenvalue weighted by Crippen LogP contribution is -2.20. The van der Waals surface area contributed by atoms with Crippen molar-refractivity contribution in [3.63, 3.8) is 0 Å². The number of aryl methyl sites for hydroxylation is 1. The number of nitrogens with zero attached hydrogens (tertiary/aromatic N) is 3. The number of pyridine rings is 1. The molecule has 0 aliphatic rings. The van der Waals surface area contributed by atoms with E-state index in [9.17, 15) is 9.59 Å². The molecule has 0 bridgehead atoms. The quantitative estimate of drug-likeness (QED) is 0.154. The van der Waals surface area contributed by atoms with Gasteiger partial charge in [-0.15, -0.1) is 0 Å². The molecule has 0 aliphatic heterocycles. The van der Waals surface area contributed by atoms with Crippen molar-refractivity contribution in [3.05, 3.63) is 76.4 Å². The smallest absolute Gasteiger partial charge is 0.411 e. The van der Waals surface area contributed by atoms with Gasteiger partial charge in [0.25, 0.3) is 5.91 Å². The number of anilines is 2. The molecule has 4 rings (SSSR count). The Labute approximate surface area is 231 Å². The first-order chi connectivity index (χ1) is 18.4. The lowest BCUT2D eigenvalue weighted by Gasteiger charge is -2.17. The maximum absolute atomic E-state index is 13.6. The number of nitrogens with one attached hydrogen (secondary N) is 2. The molecule has 3 heterocycles. The van der Waals surface area contributed by atoms with Crippen molar-refractivity contribution in [2.24, 2.45) is 0 Å². The number of ether oxygens (including phenoxy) is 1. The molecule has 2 amide bonds. The maximum atomic E-state index is 13.6. The van der Waals surface area contributed by atoms with Gasteiger partial charge in [-0.1, -0.05) is 55.8 Å². The molecule has 3 aromatic heterocycles. The fourth-order valence-electron chi connectivity index (χ4n) is 4.19. The Kier molecular flexibility index (Phi) is 9.20. The summed E-state index contributed by atoms with van der Waals surface area (Å²) in [6.45, 7) is 4.25. The summed E-state index contributed by atoms with van der Waals surface area (Å²) in [6, 6.07) is 10.5. The van der Waals surface area contributed by atoms with Gasteiger partial charge in [-0.05, 0) is 55.3 Å². The summed E-state index contributed by atoms with van der Waals surface area (Å²) in [5.74, 6) is -0.492. The van der Waals surface area contributed by atoms with Crippen LogP contribution in [0.1, 0.15) is 55.1 Å². The topological polar surface area (TPSA) is 97.6 Å². The first-order valence-electron chi connectivity index (χ1n) is 12.5. The van der Waals surface area contributed by atoms with Crippen LogP contribution in [-0.2, 0) is 4.74 Å². The van der Waals surface area contributed by atoms with E-state index in [1.807, 2.05) is 22.7 Å². The third kappa shape index (κ3) is 6.44. The van der Waals surface area contributed by atoms with Crippen LogP contribution in [0.25, 0.3) is 16.8 Å². The number of fused-ring (bicyclic) bond motifs is 1. The van der Waals surface area contributed by atoms with Crippen molar-refractivity contribution < 1.29 is 14.3 Å².